The van der Waals surface area contributed by atoms with Crippen LogP contribution >= 0.6 is 0 Å². The normalized spacial score (nSPS) is 11.0. The second-order valence-corrected chi connectivity index (χ2v) is 3.88. The Morgan fingerprint density at radius 2 is 2.17 bits per heavy atom. The number of nitrogens with zero attached hydrogens (tertiary/aromatic N) is 2. The largest absolute Gasteiger partial charge is 0.496 e. The highest BCUT2D eigenvalue weighted by atomic mass is 16.5. The zero-order valence-electron chi connectivity index (χ0n) is 10.3. The number of nitrogens with two attached hydrogens (primary N) is 2. The number of guanidine groups is 1. The number of rotatable bonds is 3. The molecule has 0 aliphatic carbocycles. The second-order valence-electron chi connectivity index (χ2n) is 3.88. The molecule has 0 atom stereocenters. The number of aromatic nitrogens is 1. The molecule has 94 valence electrons. The molecule has 0 saturated carbocycles. The van der Waals surface area contributed by atoms with Gasteiger partial charge in [-0.3, -0.25) is 0 Å². The lowest BCUT2D eigenvalue weighted by Crippen LogP contribution is -2.21. The van der Waals surface area contributed by atoms with E-state index in [4.69, 9.17) is 16.2 Å². The summed E-state index contributed by atoms with van der Waals surface area (Å²) in [5.41, 5.74) is 13.4. The van der Waals surface area contributed by atoms with E-state index in [0.29, 0.717) is 0 Å². The zero-order chi connectivity index (χ0) is 13.1. The van der Waals surface area contributed by atoms with Crippen LogP contribution in [0.5, 0.6) is 5.75 Å². The van der Waals surface area contributed by atoms with Crippen molar-refractivity contribution in [2.75, 3.05) is 7.11 Å². The van der Waals surface area contributed by atoms with E-state index >= 15 is 0 Å². The average Bonchev–Trinajstić information content (AvgIpc) is 2.70. The number of aromatic amines is 1. The van der Waals surface area contributed by atoms with Crippen LogP contribution in [0, 0.1) is 6.92 Å². The summed E-state index contributed by atoms with van der Waals surface area (Å²) >= 11 is 0. The summed E-state index contributed by atoms with van der Waals surface area (Å²) in [4.78, 5) is 3.16. The highest BCUT2D eigenvalue weighted by Gasteiger charge is 2.06. The lowest BCUT2D eigenvalue weighted by Gasteiger charge is -2.04. The molecule has 0 saturated heterocycles. The second kappa shape index (κ2) is 4.79. The Balaban J connectivity index is 2.47. The van der Waals surface area contributed by atoms with Crippen LogP contribution in [-0.2, 0) is 0 Å². The topological polar surface area (TPSA) is 102 Å². The molecule has 2 rings (SSSR count). The predicted octanol–water partition coefficient (Wildman–Crippen LogP) is 1.09. The highest BCUT2D eigenvalue weighted by molar-refractivity contribution is 6.00. The zero-order valence-corrected chi connectivity index (χ0v) is 10.3. The minimum absolute atomic E-state index is 0.0699. The van der Waals surface area contributed by atoms with Gasteiger partial charge in [0.1, 0.15) is 5.75 Å². The average molecular weight is 245 g/mol. The van der Waals surface area contributed by atoms with Gasteiger partial charge in [0.2, 0.25) is 5.96 Å². The van der Waals surface area contributed by atoms with E-state index in [1.54, 1.807) is 13.3 Å². The Labute approximate surface area is 104 Å². The summed E-state index contributed by atoms with van der Waals surface area (Å²) in [6, 6.07) is 3.98. The van der Waals surface area contributed by atoms with Gasteiger partial charge in [-0.2, -0.15) is 5.10 Å². The summed E-state index contributed by atoms with van der Waals surface area (Å²) in [6.45, 7) is 1.99. The first kappa shape index (κ1) is 12.0. The summed E-state index contributed by atoms with van der Waals surface area (Å²) in [7, 11) is 1.65. The van der Waals surface area contributed by atoms with Gasteiger partial charge in [0.25, 0.3) is 0 Å². The standard InChI is InChI=1S/C12H15N5O/c1-7-3-10-9(4-11(7)18-2)8(5-15-10)6-16-17-12(13)14/h3-6,15H,1-2H3,(H4,13,14,17)/b16-6-. The number of aryl methyl sites for hydroxylation is 1. The van der Waals surface area contributed by atoms with Gasteiger partial charge in [-0.15, -0.1) is 5.10 Å². The molecule has 0 radical (unpaired) electrons. The molecule has 0 aliphatic rings. The number of methoxy groups -OCH3 is 1. The van der Waals surface area contributed by atoms with Crippen LogP contribution in [-0.4, -0.2) is 24.3 Å². The van der Waals surface area contributed by atoms with Gasteiger partial charge in [-0.1, -0.05) is 0 Å². The van der Waals surface area contributed by atoms with Gasteiger partial charge in [0.05, 0.1) is 13.3 Å². The fraction of sp³-hybridized carbons (Fsp3) is 0.167. The van der Waals surface area contributed by atoms with Crippen LogP contribution in [0.2, 0.25) is 0 Å². The van der Waals surface area contributed by atoms with E-state index in [2.05, 4.69) is 15.2 Å². The van der Waals surface area contributed by atoms with Gasteiger partial charge in [0.15, 0.2) is 0 Å². The molecule has 0 amide bonds. The molecular formula is C12H15N5O. The molecule has 0 bridgehead atoms. The number of benzene rings is 1. The third-order valence-electron chi connectivity index (χ3n) is 2.60. The number of hydrogen-bond acceptors (Lipinski definition) is 3. The molecule has 0 unspecified atom stereocenters. The van der Waals surface area contributed by atoms with Crippen LogP contribution < -0.4 is 16.2 Å². The molecule has 5 N–H and O–H groups in total. The summed E-state index contributed by atoms with van der Waals surface area (Å²) < 4.78 is 5.29. The maximum atomic E-state index is 5.29. The van der Waals surface area contributed by atoms with Crippen molar-refractivity contribution in [2.24, 2.45) is 21.7 Å². The lowest BCUT2D eigenvalue weighted by atomic mass is 10.1. The molecule has 2 aromatic rings. The molecular weight excluding hydrogens is 230 g/mol. The third-order valence-corrected chi connectivity index (χ3v) is 2.60. The number of ether oxygens (including phenoxy) is 1. The minimum atomic E-state index is -0.0699. The smallest absolute Gasteiger partial charge is 0.211 e. The molecule has 0 fully saturated rings. The molecule has 6 nitrogen and oxygen atoms in total. The number of nitrogens with one attached hydrogen (secondary N) is 1. The van der Waals surface area contributed by atoms with E-state index in [-0.39, 0.29) is 5.96 Å². The van der Waals surface area contributed by atoms with E-state index < -0.39 is 0 Å². The Morgan fingerprint density at radius 3 is 2.83 bits per heavy atom. The first-order valence-electron chi connectivity index (χ1n) is 5.39. The Hall–Kier alpha value is -2.50. The van der Waals surface area contributed by atoms with E-state index in [9.17, 15) is 0 Å². The van der Waals surface area contributed by atoms with Crippen LogP contribution in [0.3, 0.4) is 0 Å². The van der Waals surface area contributed by atoms with Crippen LogP contribution in [0.25, 0.3) is 10.9 Å². The molecule has 18 heavy (non-hydrogen) atoms. The van der Waals surface area contributed by atoms with Gasteiger partial charge < -0.3 is 21.2 Å². The van der Waals surface area contributed by atoms with Crippen molar-refractivity contribution in [3.8, 4) is 5.75 Å². The van der Waals surface area contributed by atoms with E-state index in [0.717, 1.165) is 27.8 Å². The molecule has 6 heteroatoms. The monoisotopic (exact) mass is 245 g/mol. The predicted molar refractivity (Wildman–Crippen MR) is 73.0 cm³/mol. The number of fused-ring (bicyclic) bond motifs is 1. The first-order valence-corrected chi connectivity index (χ1v) is 5.39. The van der Waals surface area contributed by atoms with Crippen molar-refractivity contribution in [1.29, 1.82) is 0 Å². The first-order chi connectivity index (χ1) is 8.61. The molecule has 1 heterocycles. The van der Waals surface area contributed by atoms with Crippen molar-refractivity contribution in [3.63, 3.8) is 0 Å². The molecule has 1 aromatic heterocycles. The van der Waals surface area contributed by atoms with E-state index in [1.165, 1.54) is 0 Å². The maximum Gasteiger partial charge on any atom is 0.211 e. The highest BCUT2D eigenvalue weighted by Crippen LogP contribution is 2.26. The van der Waals surface area contributed by atoms with Crippen molar-refractivity contribution >= 4 is 23.1 Å². The van der Waals surface area contributed by atoms with Crippen molar-refractivity contribution in [3.05, 3.63) is 29.5 Å². The molecule has 0 spiro atoms. The third kappa shape index (κ3) is 2.27. The maximum absolute atomic E-state index is 5.29. The van der Waals surface area contributed by atoms with Crippen LogP contribution in [0.15, 0.2) is 28.5 Å². The number of hydrogen-bond donors (Lipinski definition) is 3. The summed E-state index contributed by atoms with van der Waals surface area (Å²) in [5, 5.41) is 8.36. The lowest BCUT2D eigenvalue weighted by molar-refractivity contribution is 0.412. The fourth-order valence-corrected chi connectivity index (χ4v) is 1.76. The Kier molecular flexibility index (Phi) is 3.18. The summed E-state index contributed by atoms with van der Waals surface area (Å²) in [5.74, 6) is 0.762. The van der Waals surface area contributed by atoms with E-state index in [1.807, 2.05) is 25.3 Å². The Bertz CT molecular complexity index is 623. The van der Waals surface area contributed by atoms with Gasteiger partial charge in [-0.05, 0) is 24.6 Å². The molecule has 0 aliphatic heterocycles. The quantitative estimate of drug-likeness (QED) is 0.428. The van der Waals surface area contributed by atoms with Crippen LogP contribution in [0.4, 0.5) is 0 Å². The van der Waals surface area contributed by atoms with Crippen molar-refractivity contribution in [2.45, 2.75) is 6.92 Å². The van der Waals surface area contributed by atoms with Gasteiger partial charge >= 0.3 is 0 Å². The molecule has 1 aromatic carbocycles. The minimum Gasteiger partial charge on any atom is -0.496 e. The summed E-state index contributed by atoms with van der Waals surface area (Å²) in [6.07, 6.45) is 3.43. The fourth-order valence-electron chi connectivity index (χ4n) is 1.76. The SMILES string of the molecule is COc1cc2c(/C=N\N=C(N)N)c[nH]c2cc1C. The van der Waals surface area contributed by atoms with Gasteiger partial charge in [-0.25, -0.2) is 0 Å². The van der Waals surface area contributed by atoms with Crippen molar-refractivity contribution < 1.29 is 4.74 Å². The van der Waals surface area contributed by atoms with Crippen molar-refractivity contribution in [1.82, 2.24) is 4.98 Å². The van der Waals surface area contributed by atoms with Crippen LogP contribution in [0.1, 0.15) is 11.1 Å². The number of H-pyrrole nitrogens is 1. The Morgan fingerprint density at radius 1 is 1.39 bits per heavy atom. The van der Waals surface area contributed by atoms with Gasteiger partial charge in [0, 0.05) is 22.7 Å².